The molecule has 1 atom stereocenters. The van der Waals surface area contributed by atoms with E-state index in [1.807, 2.05) is 19.0 Å². The molecular formula is C17H26N4O4S. The molecule has 1 aromatic rings. The third kappa shape index (κ3) is 3.43. The first-order chi connectivity index (χ1) is 12.0. The van der Waals surface area contributed by atoms with Crippen LogP contribution in [0.5, 0.6) is 0 Å². The molecule has 2 fully saturated rings. The van der Waals surface area contributed by atoms with Crippen LogP contribution >= 0.6 is 0 Å². The van der Waals surface area contributed by atoms with Gasteiger partial charge in [0.25, 0.3) is 5.69 Å². The molecule has 3 rings (SSSR count). The van der Waals surface area contributed by atoms with Crippen LogP contribution in [0, 0.1) is 15.5 Å². The van der Waals surface area contributed by atoms with Crippen molar-refractivity contribution in [1.29, 1.82) is 0 Å². The molecule has 0 amide bonds. The van der Waals surface area contributed by atoms with Crippen molar-refractivity contribution in [3.8, 4) is 0 Å². The predicted molar refractivity (Wildman–Crippen MR) is 99.9 cm³/mol. The zero-order chi connectivity index (χ0) is 19.3. The maximum absolute atomic E-state index is 12.9. The Morgan fingerprint density at radius 1 is 1.23 bits per heavy atom. The molecule has 1 heterocycles. The van der Waals surface area contributed by atoms with Gasteiger partial charge in [-0.1, -0.05) is 13.8 Å². The first-order valence-corrected chi connectivity index (χ1v) is 10.2. The fraction of sp³-hybridized carbons (Fsp3) is 0.647. The molecule has 0 N–H and O–H groups in total. The van der Waals surface area contributed by atoms with Crippen LogP contribution in [-0.2, 0) is 10.0 Å². The van der Waals surface area contributed by atoms with Gasteiger partial charge in [-0.15, -0.1) is 0 Å². The van der Waals surface area contributed by atoms with E-state index >= 15 is 0 Å². The van der Waals surface area contributed by atoms with Gasteiger partial charge >= 0.3 is 0 Å². The van der Waals surface area contributed by atoms with Crippen molar-refractivity contribution >= 4 is 21.4 Å². The van der Waals surface area contributed by atoms with E-state index in [2.05, 4.69) is 18.7 Å². The van der Waals surface area contributed by atoms with Crippen LogP contribution in [0.1, 0.15) is 20.3 Å². The fourth-order valence-electron chi connectivity index (χ4n) is 3.55. The summed E-state index contributed by atoms with van der Waals surface area (Å²) in [5, 5.41) is 11.6. The Morgan fingerprint density at radius 2 is 1.81 bits per heavy atom. The van der Waals surface area contributed by atoms with Crippen molar-refractivity contribution in [3.05, 3.63) is 28.3 Å². The number of nitro groups is 1. The van der Waals surface area contributed by atoms with Crippen LogP contribution in [0.4, 0.5) is 11.4 Å². The largest absolute Gasteiger partial charge is 0.366 e. The summed E-state index contributed by atoms with van der Waals surface area (Å²) in [7, 11) is 0.0453. The SMILES string of the molecule is CN1CCN(S(=O)(=O)c2ccc(N(C)[C@@H]3CC3(C)C)c([N+](=O)[O-])c2)CC1. The molecule has 1 aliphatic carbocycles. The van der Waals surface area contributed by atoms with E-state index in [0.29, 0.717) is 31.9 Å². The quantitative estimate of drug-likeness (QED) is 0.570. The molecule has 0 bridgehead atoms. The highest BCUT2D eigenvalue weighted by atomic mass is 32.2. The zero-order valence-electron chi connectivity index (χ0n) is 15.7. The van der Waals surface area contributed by atoms with E-state index in [1.54, 1.807) is 6.07 Å². The summed E-state index contributed by atoms with van der Waals surface area (Å²) in [6.45, 7) is 6.32. The van der Waals surface area contributed by atoms with Gasteiger partial charge in [0.2, 0.25) is 10.0 Å². The molecule has 1 saturated heterocycles. The molecule has 0 aromatic heterocycles. The number of anilines is 1. The number of rotatable bonds is 5. The number of sulfonamides is 1. The molecule has 8 nitrogen and oxygen atoms in total. The second-order valence-corrected chi connectivity index (χ2v) is 9.87. The molecule has 1 aliphatic heterocycles. The predicted octanol–water partition coefficient (Wildman–Crippen LogP) is 1.77. The Balaban J connectivity index is 1.92. The average molecular weight is 382 g/mol. The van der Waals surface area contributed by atoms with Crippen molar-refractivity contribution in [2.45, 2.75) is 31.2 Å². The maximum atomic E-state index is 12.9. The van der Waals surface area contributed by atoms with E-state index in [-0.39, 0.29) is 22.0 Å². The third-order valence-corrected chi connectivity index (χ3v) is 7.45. The lowest BCUT2D eigenvalue weighted by Gasteiger charge is -2.31. The molecule has 1 saturated carbocycles. The van der Waals surface area contributed by atoms with E-state index in [9.17, 15) is 18.5 Å². The molecular weight excluding hydrogens is 356 g/mol. The van der Waals surface area contributed by atoms with Gasteiger partial charge in [0.15, 0.2) is 0 Å². The third-order valence-electron chi connectivity index (χ3n) is 5.55. The Kier molecular flexibility index (Phi) is 4.74. The Morgan fingerprint density at radius 3 is 2.31 bits per heavy atom. The number of likely N-dealkylation sites (N-methyl/N-ethyl adjacent to an activating group) is 1. The van der Waals surface area contributed by atoms with Gasteiger partial charge in [-0.25, -0.2) is 8.42 Å². The second-order valence-electron chi connectivity index (χ2n) is 7.93. The van der Waals surface area contributed by atoms with E-state index in [4.69, 9.17) is 0 Å². The van der Waals surface area contributed by atoms with Crippen molar-refractivity contribution in [2.75, 3.05) is 45.2 Å². The Bertz CT molecular complexity index is 816. The molecule has 9 heteroatoms. The van der Waals surface area contributed by atoms with E-state index in [1.165, 1.54) is 16.4 Å². The highest BCUT2D eigenvalue weighted by Crippen LogP contribution is 2.50. The van der Waals surface area contributed by atoms with Gasteiger partial charge in [0, 0.05) is 45.3 Å². The van der Waals surface area contributed by atoms with Crippen LogP contribution in [0.25, 0.3) is 0 Å². The van der Waals surface area contributed by atoms with Gasteiger partial charge in [0.05, 0.1) is 9.82 Å². The molecule has 0 unspecified atom stereocenters. The standard InChI is InChI=1S/C17H26N4O4S/c1-17(2)12-16(17)19(4)14-6-5-13(11-15(14)21(22)23)26(24,25)20-9-7-18(3)8-10-20/h5-6,11,16H,7-10,12H2,1-4H3/t16-/m1/s1. The molecule has 144 valence electrons. The van der Waals surface area contributed by atoms with Crippen molar-refractivity contribution in [2.24, 2.45) is 5.41 Å². The lowest BCUT2D eigenvalue weighted by molar-refractivity contribution is -0.384. The lowest BCUT2D eigenvalue weighted by atomic mass is 10.1. The minimum absolute atomic E-state index is 0.0130. The topological polar surface area (TPSA) is 87.0 Å². The molecule has 2 aliphatic rings. The smallest absolute Gasteiger partial charge is 0.293 e. The van der Waals surface area contributed by atoms with Crippen molar-refractivity contribution < 1.29 is 13.3 Å². The van der Waals surface area contributed by atoms with Crippen molar-refractivity contribution in [3.63, 3.8) is 0 Å². The minimum Gasteiger partial charge on any atom is -0.366 e. The summed E-state index contributed by atoms with van der Waals surface area (Å²) in [6.07, 6.45) is 0.960. The van der Waals surface area contributed by atoms with Gasteiger partial charge in [-0.2, -0.15) is 4.31 Å². The van der Waals surface area contributed by atoms with Crippen LogP contribution < -0.4 is 4.90 Å². The van der Waals surface area contributed by atoms with Gasteiger partial charge in [-0.05, 0) is 31.0 Å². The van der Waals surface area contributed by atoms with Crippen LogP contribution in [-0.4, -0.2) is 68.9 Å². The van der Waals surface area contributed by atoms with Gasteiger partial charge < -0.3 is 9.80 Å². The highest BCUT2D eigenvalue weighted by Gasteiger charge is 2.49. The summed E-state index contributed by atoms with van der Waals surface area (Å²) < 4.78 is 27.1. The van der Waals surface area contributed by atoms with Crippen LogP contribution in [0.2, 0.25) is 0 Å². The molecule has 26 heavy (non-hydrogen) atoms. The summed E-state index contributed by atoms with van der Waals surface area (Å²) in [4.78, 5) is 15.0. The highest BCUT2D eigenvalue weighted by molar-refractivity contribution is 7.89. The van der Waals surface area contributed by atoms with Gasteiger partial charge in [-0.3, -0.25) is 10.1 Å². The fourth-order valence-corrected chi connectivity index (χ4v) is 5.00. The average Bonchev–Trinajstić information content (AvgIpc) is 3.22. The second kappa shape index (κ2) is 6.47. The summed E-state index contributed by atoms with van der Waals surface area (Å²) in [6, 6.07) is 4.48. The van der Waals surface area contributed by atoms with E-state index < -0.39 is 14.9 Å². The minimum atomic E-state index is -3.73. The maximum Gasteiger partial charge on any atom is 0.293 e. The first-order valence-electron chi connectivity index (χ1n) is 8.74. The summed E-state index contributed by atoms with van der Waals surface area (Å²) in [5.41, 5.74) is 0.418. The van der Waals surface area contributed by atoms with Gasteiger partial charge in [0.1, 0.15) is 5.69 Å². The molecule has 0 spiro atoms. The zero-order valence-corrected chi connectivity index (χ0v) is 16.5. The number of hydrogen-bond donors (Lipinski definition) is 0. The molecule has 0 radical (unpaired) electrons. The number of nitro benzene ring substituents is 1. The monoisotopic (exact) mass is 382 g/mol. The van der Waals surface area contributed by atoms with Crippen LogP contribution in [0.3, 0.4) is 0 Å². The number of piperazine rings is 1. The van der Waals surface area contributed by atoms with Crippen LogP contribution in [0.15, 0.2) is 23.1 Å². The number of nitrogens with zero attached hydrogens (tertiary/aromatic N) is 4. The van der Waals surface area contributed by atoms with E-state index in [0.717, 1.165) is 6.42 Å². The molecule has 1 aromatic carbocycles. The first kappa shape index (κ1) is 19.1. The van der Waals surface area contributed by atoms with Crippen molar-refractivity contribution in [1.82, 2.24) is 9.21 Å². The summed E-state index contributed by atoms with van der Waals surface area (Å²) >= 11 is 0. The number of hydrogen-bond acceptors (Lipinski definition) is 6. The summed E-state index contributed by atoms with van der Waals surface area (Å²) in [5.74, 6) is 0. The Hall–Kier alpha value is -1.71. The number of benzene rings is 1. The normalized spacial score (nSPS) is 23.6. The Labute approximate surface area is 154 Å². The lowest BCUT2D eigenvalue weighted by Crippen LogP contribution is -2.47.